The topological polar surface area (TPSA) is 44.5 Å². The van der Waals surface area contributed by atoms with Crippen LogP contribution in [0.25, 0.3) is 0 Å². The molecule has 0 saturated heterocycles. The molecule has 2 N–H and O–H groups in total. The van der Waals surface area contributed by atoms with E-state index < -0.39 is 0 Å². The predicted octanol–water partition coefficient (Wildman–Crippen LogP) is 2.47. The van der Waals surface area contributed by atoms with Crippen LogP contribution in [0.3, 0.4) is 0 Å². The number of nitrogens with two attached hydrogens (primary N) is 1. The van der Waals surface area contributed by atoms with Gasteiger partial charge in [0.15, 0.2) is 11.5 Å². The second-order valence-corrected chi connectivity index (χ2v) is 5.37. The van der Waals surface area contributed by atoms with Gasteiger partial charge in [-0.25, -0.2) is 0 Å². The van der Waals surface area contributed by atoms with E-state index in [2.05, 4.69) is 26.0 Å². The van der Waals surface area contributed by atoms with E-state index in [-0.39, 0.29) is 11.0 Å². The lowest BCUT2D eigenvalue weighted by atomic mass is 9.79. The fraction of sp³-hybridized carbons (Fsp3) is 0.571. The molecule has 1 saturated carbocycles. The lowest BCUT2D eigenvalue weighted by Crippen LogP contribution is -2.45. The SMILES string of the molecule is COc1ccc(C2(C(C)(C)N)CC2)cc1OC. The monoisotopic (exact) mass is 235 g/mol. The Kier molecular flexibility index (Phi) is 2.82. The smallest absolute Gasteiger partial charge is 0.161 e. The van der Waals surface area contributed by atoms with Crippen molar-refractivity contribution >= 4 is 0 Å². The molecule has 0 spiro atoms. The van der Waals surface area contributed by atoms with E-state index in [0.29, 0.717) is 0 Å². The van der Waals surface area contributed by atoms with Gasteiger partial charge in [-0.3, -0.25) is 0 Å². The van der Waals surface area contributed by atoms with Crippen LogP contribution in [0.4, 0.5) is 0 Å². The molecular weight excluding hydrogens is 214 g/mol. The first-order valence-corrected chi connectivity index (χ1v) is 5.96. The van der Waals surface area contributed by atoms with Crippen molar-refractivity contribution in [1.29, 1.82) is 0 Å². The minimum absolute atomic E-state index is 0.104. The molecule has 0 aromatic heterocycles. The number of hydrogen-bond acceptors (Lipinski definition) is 3. The molecule has 0 unspecified atom stereocenters. The van der Waals surface area contributed by atoms with E-state index in [1.807, 2.05) is 6.07 Å². The van der Waals surface area contributed by atoms with Gasteiger partial charge >= 0.3 is 0 Å². The third kappa shape index (κ3) is 1.89. The summed E-state index contributed by atoms with van der Waals surface area (Å²) in [6.45, 7) is 4.19. The summed E-state index contributed by atoms with van der Waals surface area (Å²) >= 11 is 0. The molecule has 1 aliphatic rings. The molecule has 0 bridgehead atoms. The van der Waals surface area contributed by atoms with Gasteiger partial charge in [0.05, 0.1) is 14.2 Å². The van der Waals surface area contributed by atoms with Crippen LogP contribution in [0.2, 0.25) is 0 Å². The predicted molar refractivity (Wildman–Crippen MR) is 68.7 cm³/mol. The Bertz CT molecular complexity index is 417. The van der Waals surface area contributed by atoms with E-state index in [1.165, 1.54) is 5.56 Å². The lowest BCUT2D eigenvalue weighted by molar-refractivity contribution is 0.350. The first-order valence-electron chi connectivity index (χ1n) is 5.96. The summed E-state index contributed by atoms with van der Waals surface area (Å²) in [7, 11) is 3.31. The van der Waals surface area contributed by atoms with Gasteiger partial charge in [-0.15, -0.1) is 0 Å². The Morgan fingerprint density at radius 2 is 1.71 bits per heavy atom. The lowest BCUT2D eigenvalue weighted by Gasteiger charge is -2.31. The van der Waals surface area contributed by atoms with Crippen molar-refractivity contribution < 1.29 is 9.47 Å². The van der Waals surface area contributed by atoms with Gasteiger partial charge in [0.1, 0.15) is 0 Å². The Labute approximate surface area is 103 Å². The summed E-state index contributed by atoms with van der Waals surface area (Å²) < 4.78 is 10.6. The minimum atomic E-state index is -0.202. The molecule has 3 heteroatoms. The minimum Gasteiger partial charge on any atom is -0.493 e. The highest BCUT2D eigenvalue weighted by Gasteiger charge is 2.53. The van der Waals surface area contributed by atoms with Crippen LogP contribution in [0.5, 0.6) is 11.5 Å². The first-order chi connectivity index (χ1) is 7.94. The van der Waals surface area contributed by atoms with Crippen LogP contribution in [0.1, 0.15) is 32.3 Å². The Hall–Kier alpha value is -1.22. The zero-order valence-electron chi connectivity index (χ0n) is 11.0. The molecule has 0 heterocycles. The quantitative estimate of drug-likeness (QED) is 0.872. The van der Waals surface area contributed by atoms with Crippen LogP contribution in [-0.2, 0) is 5.41 Å². The molecule has 94 valence electrons. The molecule has 0 amide bonds. The number of ether oxygens (including phenoxy) is 2. The molecule has 1 aliphatic carbocycles. The molecule has 0 atom stereocenters. The van der Waals surface area contributed by atoms with Crippen molar-refractivity contribution in [2.75, 3.05) is 14.2 Å². The summed E-state index contributed by atoms with van der Waals surface area (Å²) in [6.07, 6.45) is 2.29. The summed E-state index contributed by atoms with van der Waals surface area (Å²) in [4.78, 5) is 0. The zero-order valence-corrected chi connectivity index (χ0v) is 11.0. The molecular formula is C14H21NO2. The van der Waals surface area contributed by atoms with Crippen LogP contribution >= 0.6 is 0 Å². The highest BCUT2D eigenvalue weighted by atomic mass is 16.5. The number of hydrogen-bond donors (Lipinski definition) is 1. The highest BCUT2D eigenvalue weighted by molar-refractivity contribution is 5.48. The van der Waals surface area contributed by atoms with Crippen molar-refractivity contribution in [3.63, 3.8) is 0 Å². The van der Waals surface area contributed by atoms with Crippen LogP contribution in [0.15, 0.2) is 18.2 Å². The Balaban J connectivity index is 2.41. The molecule has 1 aromatic carbocycles. The van der Waals surface area contributed by atoms with Crippen LogP contribution < -0.4 is 15.2 Å². The maximum absolute atomic E-state index is 6.30. The van der Waals surface area contributed by atoms with Gasteiger partial charge in [0, 0.05) is 11.0 Å². The van der Waals surface area contributed by atoms with E-state index in [0.717, 1.165) is 24.3 Å². The van der Waals surface area contributed by atoms with Crippen LogP contribution in [-0.4, -0.2) is 19.8 Å². The van der Waals surface area contributed by atoms with E-state index >= 15 is 0 Å². The van der Waals surface area contributed by atoms with E-state index in [1.54, 1.807) is 14.2 Å². The normalized spacial score (nSPS) is 17.7. The maximum atomic E-state index is 6.30. The molecule has 2 rings (SSSR count). The first kappa shape index (κ1) is 12.2. The van der Waals surface area contributed by atoms with Gasteiger partial charge in [0.2, 0.25) is 0 Å². The van der Waals surface area contributed by atoms with Crippen molar-refractivity contribution in [3.05, 3.63) is 23.8 Å². The van der Waals surface area contributed by atoms with Crippen molar-refractivity contribution in [2.24, 2.45) is 5.73 Å². The second kappa shape index (κ2) is 3.91. The molecule has 1 aromatic rings. The molecule has 0 aliphatic heterocycles. The largest absolute Gasteiger partial charge is 0.493 e. The van der Waals surface area contributed by atoms with Gasteiger partial charge < -0.3 is 15.2 Å². The average molecular weight is 235 g/mol. The van der Waals surface area contributed by atoms with Gasteiger partial charge in [-0.1, -0.05) is 6.07 Å². The summed E-state index contributed by atoms with van der Waals surface area (Å²) in [5, 5.41) is 0. The van der Waals surface area contributed by atoms with Crippen molar-refractivity contribution in [2.45, 2.75) is 37.6 Å². The Morgan fingerprint density at radius 3 is 2.12 bits per heavy atom. The van der Waals surface area contributed by atoms with Gasteiger partial charge in [-0.05, 0) is 44.4 Å². The molecule has 0 radical (unpaired) electrons. The van der Waals surface area contributed by atoms with Crippen molar-refractivity contribution in [3.8, 4) is 11.5 Å². The van der Waals surface area contributed by atoms with Crippen molar-refractivity contribution in [1.82, 2.24) is 0 Å². The number of benzene rings is 1. The highest BCUT2D eigenvalue weighted by Crippen LogP contribution is 2.55. The van der Waals surface area contributed by atoms with E-state index in [4.69, 9.17) is 15.2 Å². The third-order valence-electron chi connectivity index (χ3n) is 3.92. The standard InChI is InChI=1S/C14H21NO2/c1-13(2,15)14(7-8-14)10-5-6-11(16-3)12(9-10)17-4/h5-6,9H,7-8,15H2,1-4H3. The van der Waals surface area contributed by atoms with Gasteiger partial charge in [-0.2, -0.15) is 0 Å². The molecule has 17 heavy (non-hydrogen) atoms. The third-order valence-corrected chi connectivity index (χ3v) is 3.92. The van der Waals surface area contributed by atoms with E-state index in [9.17, 15) is 0 Å². The number of methoxy groups -OCH3 is 2. The summed E-state index contributed by atoms with van der Waals surface area (Å²) in [5.74, 6) is 1.54. The second-order valence-electron chi connectivity index (χ2n) is 5.37. The maximum Gasteiger partial charge on any atom is 0.161 e. The average Bonchev–Trinajstić information content (AvgIpc) is 3.08. The fourth-order valence-electron chi connectivity index (χ4n) is 2.56. The van der Waals surface area contributed by atoms with Crippen LogP contribution in [0, 0.1) is 0 Å². The zero-order chi connectivity index (χ0) is 12.7. The Morgan fingerprint density at radius 1 is 1.12 bits per heavy atom. The number of rotatable bonds is 4. The summed E-state index contributed by atoms with van der Waals surface area (Å²) in [5.41, 5.74) is 7.45. The molecule has 1 fully saturated rings. The van der Waals surface area contributed by atoms with Gasteiger partial charge in [0.25, 0.3) is 0 Å². The fourth-order valence-corrected chi connectivity index (χ4v) is 2.56. The summed E-state index contributed by atoms with van der Waals surface area (Å²) in [6, 6.07) is 6.11. The molecule has 3 nitrogen and oxygen atoms in total.